The summed E-state index contributed by atoms with van der Waals surface area (Å²) in [6, 6.07) is 56.4. The quantitative estimate of drug-likeness (QED) is 0.0211. The summed E-state index contributed by atoms with van der Waals surface area (Å²) in [6.07, 6.45) is 57.5. The van der Waals surface area contributed by atoms with E-state index in [2.05, 4.69) is 222 Å². The number of hydrogen-bond acceptors (Lipinski definition) is 5. The van der Waals surface area contributed by atoms with Gasteiger partial charge in [-0.1, -0.05) is 322 Å². The number of nitrogens with zero attached hydrogens (tertiary/aromatic N) is 5. The van der Waals surface area contributed by atoms with Crippen LogP contribution in [0.15, 0.2) is 164 Å². The molecule has 17 rings (SSSR count). The van der Waals surface area contributed by atoms with Crippen molar-refractivity contribution in [3.8, 4) is 11.8 Å². The van der Waals surface area contributed by atoms with Gasteiger partial charge in [-0.25, -0.2) is 24.9 Å². The average Bonchev–Trinajstić information content (AvgIpc) is 1.62. The fourth-order valence-corrected chi connectivity index (χ4v) is 16.2. The van der Waals surface area contributed by atoms with Crippen LogP contribution in [0.2, 0.25) is 0 Å². The third kappa shape index (κ3) is 18.7. The summed E-state index contributed by atoms with van der Waals surface area (Å²) in [5.74, 6) is 7.60. The summed E-state index contributed by atoms with van der Waals surface area (Å²) in [5.41, 5.74) is 12.3. The minimum atomic E-state index is 0.587. The lowest BCUT2D eigenvalue weighted by molar-refractivity contribution is 0.529. The summed E-state index contributed by atoms with van der Waals surface area (Å²) >= 11 is 0. The summed E-state index contributed by atoms with van der Waals surface area (Å²) in [4.78, 5) is 38.0. The minimum absolute atomic E-state index is 0.587. The van der Waals surface area contributed by atoms with Gasteiger partial charge in [0, 0.05) is 60.6 Å². The van der Waals surface area contributed by atoms with E-state index in [1.807, 2.05) is 6.20 Å². The predicted octanol–water partition coefficient (Wildman–Crippen LogP) is 25.5. The maximum atomic E-state index is 5.71. The normalized spacial score (nSPS) is 12.1. The molecule has 0 unspecified atom stereocenters. The van der Waals surface area contributed by atoms with Crippen LogP contribution >= 0.6 is 0 Å². The first-order chi connectivity index (χ1) is 52.0. The number of benzene rings is 5. The van der Waals surface area contributed by atoms with Gasteiger partial charge in [-0.2, -0.15) is 0 Å². The molecule has 0 radical (unpaired) electrons. The Morgan fingerprint density at radius 2 is 0.743 bits per heavy atom. The van der Waals surface area contributed by atoms with Gasteiger partial charge in [-0.05, 0) is 141 Å². The Labute approximate surface area is 620 Å². The number of unbranched alkanes of at least 4 members (excludes halogenated alkanes) is 30. The van der Waals surface area contributed by atoms with E-state index in [1.165, 1.54) is 204 Å². The van der Waals surface area contributed by atoms with E-state index in [0.717, 1.165) is 161 Å². The van der Waals surface area contributed by atoms with Crippen molar-refractivity contribution in [1.82, 2.24) is 39.9 Å². The fraction of sp³-hybridized carbons (Fsp3) is 0.371. The molecule has 0 saturated heterocycles. The van der Waals surface area contributed by atoms with Crippen LogP contribution in [0.4, 0.5) is 0 Å². The van der Waals surface area contributed by atoms with Crippen molar-refractivity contribution in [2.75, 3.05) is 0 Å². The lowest BCUT2D eigenvalue weighted by atomic mass is 10.0. The first-order valence-corrected chi connectivity index (χ1v) is 40.8. The Hall–Kier alpha value is -9.71. The van der Waals surface area contributed by atoms with E-state index in [1.54, 1.807) is 6.20 Å². The number of hydrogen-bond donors (Lipinski definition) is 3. The van der Waals surface area contributed by atoms with Gasteiger partial charge >= 0.3 is 0 Å². The molecule has 5 aromatic carbocycles. The van der Waals surface area contributed by atoms with Crippen LogP contribution in [0.3, 0.4) is 0 Å². The molecular formula is C97H108N8. The van der Waals surface area contributed by atoms with Crippen LogP contribution in [-0.4, -0.2) is 39.9 Å². The summed E-state index contributed by atoms with van der Waals surface area (Å²) < 4.78 is 0. The Morgan fingerprint density at radius 3 is 1.23 bits per heavy atom. The Morgan fingerprint density at radius 1 is 0.324 bits per heavy atom. The van der Waals surface area contributed by atoms with Crippen molar-refractivity contribution in [2.24, 2.45) is 0 Å². The Kier molecular flexibility index (Phi) is 25.3. The zero-order chi connectivity index (χ0) is 71.2. The van der Waals surface area contributed by atoms with Gasteiger partial charge in [0.1, 0.15) is 0 Å². The van der Waals surface area contributed by atoms with E-state index in [-0.39, 0.29) is 0 Å². The van der Waals surface area contributed by atoms with Crippen LogP contribution in [0, 0.1) is 74.7 Å². The maximum absolute atomic E-state index is 5.71. The minimum Gasteiger partial charge on any atom is -0.355 e. The van der Waals surface area contributed by atoms with Gasteiger partial charge in [-0.15, -0.1) is 0 Å². The van der Waals surface area contributed by atoms with Gasteiger partial charge in [-0.3, -0.25) is 0 Å². The van der Waals surface area contributed by atoms with E-state index in [4.69, 9.17) is 19.9 Å². The zero-order valence-electron chi connectivity index (χ0n) is 62.7. The highest BCUT2D eigenvalue weighted by atomic mass is 14.9. The van der Waals surface area contributed by atoms with Crippen molar-refractivity contribution >= 4 is 68.2 Å². The molecule has 8 nitrogen and oxygen atoms in total. The van der Waals surface area contributed by atoms with Crippen molar-refractivity contribution in [3.63, 3.8) is 0 Å². The first-order valence-electron chi connectivity index (χ1n) is 40.8. The summed E-state index contributed by atoms with van der Waals surface area (Å²) in [7, 11) is 0. The van der Waals surface area contributed by atoms with Crippen LogP contribution < -0.4 is 0 Å². The molecule has 0 amide bonds. The monoisotopic (exact) mass is 1380 g/mol. The molecule has 11 aromatic rings. The number of aromatic nitrogens is 8. The number of aromatic amines is 3. The van der Waals surface area contributed by atoms with E-state index >= 15 is 0 Å². The van der Waals surface area contributed by atoms with Crippen LogP contribution in [0.25, 0.3) is 68.2 Å². The van der Waals surface area contributed by atoms with Gasteiger partial charge < -0.3 is 15.0 Å². The molecular weight excluding hydrogens is 1280 g/mol. The number of rotatable bonds is 34. The molecule has 12 heterocycles. The average molecular weight is 1390 g/mol. The maximum Gasteiger partial charge on any atom is 0.182 e. The second-order valence-corrected chi connectivity index (χ2v) is 30.2. The molecule has 0 spiro atoms. The Bertz CT molecular complexity index is 5510. The third-order valence-electron chi connectivity index (χ3n) is 22.2. The summed E-state index contributed by atoms with van der Waals surface area (Å²) in [5, 5.41) is 14.8. The molecule has 105 heavy (non-hydrogen) atoms. The molecule has 0 saturated carbocycles. The second-order valence-electron chi connectivity index (χ2n) is 30.2. The van der Waals surface area contributed by atoms with E-state index in [0.29, 0.717) is 5.82 Å². The number of aryl methyl sites for hydroxylation is 2. The molecule has 3 N–H and O–H groups in total. The molecule has 18 bridgehead atoms. The molecule has 6 aromatic heterocycles. The standard InChI is InChI=1S/C97H108N8/c1-3-5-7-9-11-13-15-17-19-21-23-25-27-29-31-33-35-70-37-53-80-72-39-43-74(44-40-72)85-56-49-76-47-48-77-50-57-86(105-97(77)96(76)104-85)75-45-41-73(42-46-75)81-54-38-71(36-34-32-30-28-26-24-22-20-18-16-14-12-10-8-6-4-2)68-84(81)95-90-59-52-79(101-90)69-78-51-58-89(100-78)94(83(80)67-70)91-62-60-87(102-91)82(88-61-63-92(95)103-88)55-64-93-98-65-66-99-93/h37-54,56-63,65-69,100,103H,3-36H2,1-2H3,(H,98,99). The van der Waals surface area contributed by atoms with Gasteiger partial charge in [0.2, 0.25) is 0 Å². The van der Waals surface area contributed by atoms with E-state index < -0.39 is 0 Å². The smallest absolute Gasteiger partial charge is 0.182 e. The topological polar surface area (TPSA) is 112 Å². The fourth-order valence-electron chi connectivity index (χ4n) is 16.2. The number of fused-ring (bicyclic) bond motifs is 2. The molecule has 6 aliphatic rings. The van der Waals surface area contributed by atoms with Crippen molar-refractivity contribution < 1.29 is 0 Å². The third-order valence-corrected chi connectivity index (χ3v) is 22.2. The molecule has 0 fully saturated rings. The summed E-state index contributed by atoms with van der Waals surface area (Å²) in [6.45, 7) is 4.61. The molecule has 6 aliphatic heterocycles. The molecule has 536 valence electrons. The molecule has 8 heteroatoms. The Balaban J connectivity index is 0.904. The van der Waals surface area contributed by atoms with Crippen LogP contribution in [-0.2, 0) is 12.8 Å². The molecule has 0 aliphatic carbocycles. The number of imidazole rings is 1. The highest BCUT2D eigenvalue weighted by Gasteiger charge is 2.14. The second kappa shape index (κ2) is 36.8. The van der Waals surface area contributed by atoms with Gasteiger partial charge in [0.15, 0.2) is 5.82 Å². The number of nitrogens with one attached hydrogen (secondary N) is 3. The largest absolute Gasteiger partial charge is 0.355 e. The van der Waals surface area contributed by atoms with E-state index in [9.17, 15) is 0 Å². The van der Waals surface area contributed by atoms with Crippen molar-refractivity contribution in [2.45, 2.75) is 232 Å². The highest BCUT2D eigenvalue weighted by molar-refractivity contribution is 6.02. The lowest BCUT2D eigenvalue weighted by Gasteiger charge is -2.05. The highest BCUT2D eigenvalue weighted by Crippen LogP contribution is 2.28. The zero-order valence-corrected chi connectivity index (χ0v) is 62.7. The number of H-pyrrole nitrogens is 3. The number of pyridine rings is 2. The van der Waals surface area contributed by atoms with Crippen molar-refractivity contribution in [1.29, 1.82) is 0 Å². The van der Waals surface area contributed by atoms with Gasteiger partial charge in [0.25, 0.3) is 0 Å². The molecule has 0 atom stereocenters. The SMILES string of the molecule is CCCCCCCCCCCCCCCCCCc1ccc2c(c1)=c1c3nc(c(C#Cc4ncc[nH]4)c4ccc([nH]4)c(c4nc(cc5ccc1[nH]5)C=C4)=c1cc(CCCCCCCCCCCCCCCCCC)ccc1=c1ccc(cc1)=c1ccc4ccc5ccc(nc5c4n1)=c1ccc=2cc1)C=C3. The van der Waals surface area contributed by atoms with Crippen molar-refractivity contribution in [3.05, 3.63) is 272 Å². The van der Waals surface area contributed by atoms with Crippen LogP contribution in [0.5, 0.6) is 0 Å². The van der Waals surface area contributed by atoms with Gasteiger partial charge in [0.05, 0.1) is 55.6 Å². The lowest BCUT2D eigenvalue weighted by Crippen LogP contribution is -1.91. The first kappa shape index (κ1) is 72.2. The predicted molar refractivity (Wildman–Crippen MR) is 439 cm³/mol. The van der Waals surface area contributed by atoms with Crippen LogP contribution in [0.1, 0.15) is 265 Å².